The smallest absolute Gasteiger partial charge is 0.131 e. The number of ether oxygens (including phenoxy) is 1. The van der Waals surface area contributed by atoms with Crippen LogP contribution in [-0.2, 0) is 11.2 Å². The van der Waals surface area contributed by atoms with Gasteiger partial charge in [-0.1, -0.05) is 0 Å². The number of rotatable bonds is 3. The average molecular weight is 207 g/mol. The highest BCUT2D eigenvalue weighted by Crippen LogP contribution is 2.25. The van der Waals surface area contributed by atoms with Gasteiger partial charge in [-0.2, -0.15) is 0 Å². The Bertz CT molecular complexity index is 296. The second kappa shape index (κ2) is 4.68. The molecule has 0 atom stereocenters. The van der Waals surface area contributed by atoms with E-state index in [2.05, 4.69) is 15.3 Å². The number of nitrogens with zero attached hydrogens (tertiary/aromatic N) is 2. The molecule has 15 heavy (non-hydrogen) atoms. The number of hydrogen-bond acceptors (Lipinski definition) is 4. The van der Waals surface area contributed by atoms with Crippen LogP contribution < -0.4 is 5.32 Å². The maximum atomic E-state index is 5.66. The molecule has 0 spiro atoms. The predicted octanol–water partition coefficient (Wildman–Crippen LogP) is 0.788. The molecule has 1 aliphatic heterocycles. The normalized spacial score (nSPS) is 20.1. The maximum absolute atomic E-state index is 5.66. The van der Waals surface area contributed by atoms with E-state index in [1.807, 2.05) is 6.07 Å². The van der Waals surface area contributed by atoms with Gasteiger partial charge in [0, 0.05) is 25.9 Å². The van der Waals surface area contributed by atoms with Crippen LogP contribution in [-0.4, -0.2) is 35.8 Å². The van der Waals surface area contributed by atoms with Gasteiger partial charge in [0.25, 0.3) is 0 Å². The lowest BCUT2D eigenvalue weighted by Gasteiger charge is -2.35. The minimum atomic E-state index is -0.0629. The van der Waals surface area contributed by atoms with Gasteiger partial charge in [0.1, 0.15) is 5.82 Å². The molecule has 0 bridgehead atoms. The summed E-state index contributed by atoms with van der Waals surface area (Å²) in [7, 11) is 1.79. The molecule has 1 N–H and O–H groups in total. The summed E-state index contributed by atoms with van der Waals surface area (Å²) in [5.41, 5.74) is -0.0629. The molecule has 0 amide bonds. The molecular formula is C11H17N3O. The van der Waals surface area contributed by atoms with Crippen LogP contribution in [0.25, 0.3) is 0 Å². The Morgan fingerprint density at radius 1 is 1.33 bits per heavy atom. The van der Waals surface area contributed by atoms with Crippen molar-refractivity contribution in [2.75, 3.05) is 20.2 Å². The Hall–Kier alpha value is -1.00. The SMILES string of the molecule is COC1(Cc2ncccn2)CCNCC1. The largest absolute Gasteiger partial charge is 0.378 e. The fraction of sp³-hybridized carbons (Fsp3) is 0.636. The highest BCUT2D eigenvalue weighted by atomic mass is 16.5. The molecule has 1 aliphatic rings. The Kier molecular flexibility index (Phi) is 3.28. The second-order valence-electron chi connectivity index (χ2n) is 3.98. The molecule has 0 radical (unpaired) electrons. The molecule has 1 aromatic rings. The average Bonchev–Trinajstić information content (AvgIpc) is 2.32. The third kappa shape index (κ3) is 2.52. The lowest BCUT2D eigenvalue weighted by atomic mass is 9.88. The van der Waals surface area contributed by atoms with Gasteiger partial charge < -0.3 is 10.1 Å². The number of nitrogens with one attached hydrogen (secondary N) is 1. The van der Waals surface area contributed by atoms with E-state index in [0.29, 0.717) is 0 Å². The first-order valence-corrected chi connectivity index (χ1v) is 5.36. The maximum Gasteiger partial charge on any atom is 0.131 e. The quantitative estimate of drug-likeness (QED) is 0.796. The highest BCUT2D eigenvalue weighted by molar-refractivity contribution is 4.98. The monoisotopic (exact) mass is 207 g/mol. The van der Waals surface area contributed by atoms with Crippen molar-refractivity contribution < 1.29 is 4.74 Å². The molecule has 1 aromatic heterocycles. The Balaban J connectivity index is 2.07. The van der Waals surface area contributed by atoms with E-state index in [0.717, 1.165) is 38.2 Å². The molecule has 2 heterocycles. The standard InChI is InChI=1S/C11H17N3O/c1-15-11(3-7-12-8-4-11)9-10-13-5-2-6-14-10/h2,5-6,12H,3-4,7-9H2,1H3. The van der Waals surface area contributed by atoms with Crippen LogP contribution in [0.2, 0.25) is 0 Å². The summed E-state index contributed by atoms with van der Waals surface area (Å²) >= 11 is 0. The fourth-order valence-corrected chi connectivity index (χ4v) is 2.04. The van der Waals surface area contributed by atoms with E-state index in [1.54, 1.807) is 19.5 Å². The van der Waals surface area contributed by atoms with E-state index < -0.39 is 0 Å². The molecule has 2 rings (SSSR count). The summed E-state index contributed by atoms with van der Waals surface area (Å²) in [6.45, 7) is 2.03. The Morgan fingerprint density at radius 3 is 2.60 bits per heavy atom. The molecule has 4 nitrogen and oxygen atoms in total. The van der Waals surface area contributed by atoms with Crippen LogP contribution in [0.5, 0.6) is 0 Å². The van der Waals surface area contributed by atoms with Crippen LogP contribution in [0.4, 0.5) is 0 Å². The van der Waals surface area contributed by atoms with Crippen LogP contribution in [0, 0.1) is 0 Å². The second-order valence-corrected chi connectivity index (χ2v) is 3.98. The molecule has 1 saturated heterocycles. The summed E-state index contributed by atoms with van der Waals surface area (Å²) in [5, 5.41) is 3.34. The van der Waals surface area contributed by atoms with Gasteiger partial charge in [-0.3, -0.25) is 0 Å². The molecule has 4 heteroatoms. The number of piperidine rings is 1. The summed E-state index contributed by atoms with van der Waals surface area (Å²) in [6, 6.07) is 1.84. The minimum Gasteiger partial charge on any atom is -0.378 e. The molecule has 0 aliphatic carbocycles. The van der Waals surface area contributed by atoms with Crippen LogP contribution in [0.1, 0.15) is 18.7 Å². The van der Waals surface area contributed by atoms with Gasteiger partial charge in [0.05, 0.1) is 5.60 Å². The van der Waals surface area contributed by atoms with Crippen molar-refractivity contribution in [1.82, 2.24) is 15.3 Å². The Morgan fingerprint density at radius 2 is 2.00 bits per heavy atom. The van der Waals surface area contributed by atoms with Crippen molar-refractivity contribution in [1.29, 1.82) is 0 Å². The molecule has 82 valence electrons. The minimum absolute atomic E-state index is 0.0629. The molecule has 0 saturated carbocycles. The number of aromatic nitrogens is 2. The first-order valence-electron chi connectivity index (χ1n) is 5.36. The third-order valence-electron chi connectivity index (χ3n) is 3.05. The molecule has 1 fully saturated rings. The van der Waals surface area contributed by atoms with Crippen LogP contribution in [0.3, 0.4) is 0 Å². The van der Waals surface area contributed by atoms with Gasteiger partial charge in [-0.25, -0.2) is 9.97 Å². The van der Waals surface area contributed by atoms with E-state index in [-0.39, 0.29) is 5.60 Å². The number of methoxy groups -OCH3 is 1. The van der Waals surface area contributed by atoms with E-state index in [9.17, 15) is 0 Å². The zero-order valence-electron chi connectivity index (χ0n) is 9.07. The van der Waals surface area contributed by atoms with Crippen molar-refractivity contribution in [3.8, 4) is 0 Å². The van der Waals surface area contributed by atoms with Crippen molar-refractivity contribution in [2.24, 2.45) is 0 Å². The van der Waals surface area contributed by atoms with Gasteiger partial charge in [0.15, 0.2) is 0 Å². The van der Waals surface area contributed by atoms with Crippen molar-refractivity contribution in [3.05, 3.63) is 24.3 Å². The topological polar surface area (TPSA) is 47.0 Å². The van der Waals surface area contributed by atoms with Crippen molar-refractivity contribution >= 4 is 0 Å². The summed E-state index contributed by atoms with van der Waals surface area (Å²) in [5.74, 6) is 0.876. The fourth-order valence-electron chi connectivity index (χ4n) is 2.04. The van der Waals surface area contributed by atoms with Crippen molar-refractivity contribution in [3.63, 3.8) is 0 Å². The zero-order valence-corrected chi connectivity index (χ0v) is 9.07. The van der Waals surface area contributed by atoms with Crippen LogP contribution >= 0.6 is 0 Å². The molecule has 0 unspecified atom stereocenters. The summed E-state index contributed by atoms with van der Waals surface area (Å²) in [4.78, 5) is 8.51. The van der Waals surface area contributed by atoms with E-state index >= 15 is 0 Å². The van der Waals surface area contributed by atoms with E-state index in [4.69, 9.17) is 4.74 Å². The third-order valence-corrected chi connectivity index (χ3v) is 3.05. The van der Waals surface area contributed by atoms with Gasteiger partial charge >= 0.3 is 0 Å². The summed E-state index contributed by atoms with van der Waals surface area (Å²) < 4.78 is 5.66. The first-order chi connectivity index (χ1) is 7.35. The van der Waals surface area contributed by atoms with Crippen LogP contribution in [0.15, 0.2) is 18.5 Å². The molecular weight excluding hydrogens is 190 g/mol. The first kappa shape index (κ1) is 10.5. The highest BCUT2D eigenvalue weighted by Gasteiger charge is 2.32. The lowest BCUT2D eigenvalue weighted by Crippen LogP contribution is -2.45. The lowest BCUT2D eigenvalue weighted by molar-refractivity contribution is -0.0347. The number of hydrogen-bond donors (Lipinski definition) is 1. The molecule has 0 aromatic carbocycles. The van der Waals surface area contributed by atoms with Gasteiger partial charge in [0.2, 0.25) is 0 Å². The summed E-state index contributed by atoms with van der Waals surface area (Å²) in [6.07, 6.45) is 6.44. The Labute approximate surface area is 90.1 Å². The zero-order chi connectivity index (χ0) is 10.6. The van der Waals surface area contributed by atoms with E-state index in [1.165, 1.54) is 0 Å². The van der Waals surface area contributed by atoms with Gasteiger partial charge in [-0.15, -0.1) is 0 Å². The van der Waals surface area contributed by atoms with Crippen molar-refractivity contribution in [2.45, 2.75) is 24.9 Å². The predicted molar refractivity (Wildman–Crippen MR) is 57.6 cm³/mol. The van der Waals surface area contributed by atoms with Gasteiger partial charge in [-0.05, 0) is 32.0 Å².